The van der Waals surface area contributed by atoms with Crippen molar-refractivity contribution in [2.24, 2.45) is 10.9 Å². The highest BCUT2D eigenvalue weighted by Crippen LogP contribution is 2.34. The van der Waals surface area contributed by atoms with Gasteiger partial charge in [-0.25, -0.2) is 4.99 Å². The summed E-state index contributed by atoms with van der Waals surface area (Å²) in [5.74, 6) is 1.74. The lowest BCUT2D eigenvalue weighted by Crippen LogP contribution is -2.50. The fraction of sp³-hybridized carbons (Fsp3) is 0.824. The quantitative estimate of drug-likeness (QED) is 0.635. The Morgan fingerprint density at radius 1 is 1.35 bits per heavy atom. The largest absolute Gasteiger partial charge is 0.632 e. The standard InChI is InChI=1S/C17H28N4OS/c1-23-17-18-9-14-11-21(22,10-13-5-2-3-6-13)12-15-7-4-8-20(15)16(14)19-17/h9,13,15,17-18H,2-8,10-12H2,1H3/t15?,17-,21?/m0/s1. The minimum atomic E-state index is -0.0394. The molecule has 3 heterocycles. The number of fused-ring (bicyclic) bond motifs is 3. The van der Waals surface area contributed by atoms with Crippen LogP contribution in [0, 0.1) is 11.1 Å². The van der Waals surface area contributed by atoms with Crippen molar-refractivity contribution in [1.82, 2.24) is 10.2 Å². The first kappa shape index (κ1) is 15.8. The van der Waals surface area contributed by atoms with E-state index in [0.717, 1.165) is 37.5 Å². The molecule has 2 unspecified atom stereocenters. The van der Waals surface area contributed by atoms with E-state index in [1.54, 1.807) is 11.8 Å². The van der Waals surface area contributed by atoms with Crippen molar-refractivity contribution in [1.29, 1.82) is 0 Å². The molecule has 0 bridgehead atoms. The summed E-state index contributed by atoms with van der Waals surface area (Å²) >= 11 is 1.72. The number of thioether (sulfide) groups is 1. The van der Waals surface area contributed by atoms with Gasteiger partial charge in [-0.3, -0.25) is 0 Å². The molecule has 0 spiro atoms. The second kappa shape index (κ2) is 6.30. The molecule has 0 radical (unpaired) electrons. The Bertz CT molecular complexity index is 517. The topological polar surface area (TPSA) is 50.7 Å². The number of hydroxylamine groups is 3. The van der Waals surface area contributed by atoms with Crippen LogP contribution in [0.3, 0.4) is 0 Å². The summed E-state index contributed by atoms with van der Waals surface area (Å²) < 4.78 is -0.0394. The Balaban J connectivity index is 1.60. The second-order valence-corrected chi connectivity index (χ2v) is 8.52. The van der Waals surface area contributed by atoms with Crippen molar-refractivity contribution in [2.45, 2.75) is 50.1 Å². The molecule has 128 valence electrons. The number of nitrogens with one attached hydrogen (secondary N) is 1. The predicted molar refractivity (Wildman–Crippen MR) is 95.9 cm³/mol. The van der Waals surface area contributed by atoms with Crippen LogP contribution in [0.1, 0.15) is 38.5 Å². The number of amidine groups is 1. The molecule has 0 aromatic carbocycles. The maximum absolute atomic E-state index is 13.6. The number of hydrogen-bond acceptors (Lipinski definition) is 5. The average molecular weight is 337 g/mol. The van der Waals surface area contributed by atoms with Gasteiger partial charge in [0.05, 0.1) is 24.7 Å². The maximum Gasteiger partial charge on any atom is 0.168 e. The molecule has 0 aromatic rings. The van der Waals surface area contributed by atoms with Crippen LogP contribution < -0.4 is 5.32 Å². The van der Waals surface area contributed by atoms with E-state index in [2.05, 4.69) is 22.7 Å². The van der Waals surface area contributed by atoms with Crippen LogP contribution in [-0.2, 0) is 0 Å². The molecule has 6 heteroatoms. The monoisotopic (exact) mass is 336 g/mol. The summed E-state index contributed by atoms with van der Waals surface area (Å²) in [4.78, 5) is 7.33. The smallest absolute Gasteiger partial charge is 0.168 e. The third kappa shape index (κ3) is 3.13. The van der Waals surface area contributed by atoms with E-state index >= 15 is 0 Å². The van der Waals surface area contributed by atoms with Gasteiger partial charge in [0.15, 0.2) is 5.50 Å². The zero-order chi connectivity index (χ0) is 15.9. The van der Waals surface area contributed by atoms with Crippen LogP contribution in [0.4, 0.5) is 0 Å². The van der Waals surface area contributed by atoms with E-state index in [1.165, 1.54) is 32.1 Å². The number of aliphatic imine (C=N–C) groups is 1. The van der Waals surface area contributed by atoms with E-state index in [1.807, 2.05) is 0 Å². The maximum atomic E-state index is 13.6. The van der Waals surface area contributed by atoms with E-state index in [-0.39, 0.29) is 10.1 Å². The number of nitrogens with zero attached hydrogens (tertiary/aromatic N) is 3. The molecule has 3 aliphatic heterocycles. The fourth-order valence-electron chi connectivity index (χ4n) is 4.83. The summed E-state index contributed by atoms with van der Waals surface area (Å²) in [7, 11) is 0. The minimum absolute atomic E-state index is 0.0394. The molecule has 5 nitrogen and oxygen atoms in total. The summed E-state index contributed by atoms with van der Waals surface area (Å²) in [6, 6.07) is 0.388. The van der Waals surface area contributed by atoms with Crippen molar-refractivity contribution in [3.63, 3.8) is 0 Å². The molecular weight excluding hydrogens is 308 g/mol. The first-order valence-corrected chi connectivity index (χ1v) is 10.4. The Morgan fingerprint density at radius 3 is 2.96 bits per heavy atom. The lowest BCUT2D eigenvalue weighted by molar-refractivity contribution is -0.879. The lowest BCUT2D eigenvalue weighted by atomic mass is 10.1. The second-order valence-electron chi connectivity index (χ2n) is 7.60. The van der Waals surface area contributed by atoms with E-state index in [0.29, 0.717) is 18.5 Å². The number of quaternary nitrogens is 1. The van der Waals surface area contributed by atoms with Crippen LogP contribution in [-0.4, -0.2) is 59.4 Å². The van der Waals surface area contributed by atoms with Gasteiger partial charge >= 0.3 is 0 Å². The summed E-state index contributed by atoms with van der Waals surface area (Å²) in [5.41, 5.74) is 1.23. The molecule has 3 atom stereocenters. The minimum Gasteiger partial charge on any atom is -0.632 e. The molecule has 3 fully saturated rings. The lowest BCUT2D eigenvalue weighted by Gasteiger charge is -2.45. The third-order valence-corrected chi connectivity index (χ3v) is 6.56. The fourth-order valence-corrected chi connectivity index (χ4v) is 5.24. The van der Waals surface area contributed by atoms with E-state index < -0.39 is 0 Å². The van der Waals surface area contributed by atoms with Gasteiger partial charge in [0.25, 0.3) is 0 Å². The molecule has 4 aliphatic rings. The molecule has 0 aromatic heterocycles. The molecule has 4 rings (SSSR count). The Labute approximate surface area is 143 Å². The van der Waals surface area contributed by atoms with Gasteiger partial charge in [-0.1, -0.05) is 12.8 Å². The van der Waals surface area contributed by atoms with E-state index in [4.69, 9.17) is 4.99 Å². The highest BCUT2D eigenvalue weighted by atomic mass is 32.2. The van der Waals surface area contributed by atoms with Crippen molar-refractivity contribution in [2.75, 3.05) is 32.4 Å². The summed E-state index contributed by atoms with van der Waals surface area (Å²) in [5, 5.41) is 17.0. The van der Waals surface area contributed by atoms with Gasteiger partial charge in [-0.15, -0.1) is 11.8 Å². The molecule has 1 N–H and O–H groups in total. The zero-order valence-corrected chi connectivity index (χ0v) is 14.9. The Kier molecular flexibility index (Phi) is 4.32. The average Bonchev–Trinajstić information content (AvgIpc) is 3.17. The molecule has 1 aliphatic carbocycles. The molecule has 0 amide bonds. The first-order chi connectivity index (χ1) is 11.2. The van der Waals surface area contributed by atoms with Gasteiger partial charge < -0.3 is 20.1 Å². The molecular formula is C17H28N4OS. The van der Waals surface area contributed by atoms with Crippen LogP contribution in [0.5, 0.6) is 0 Å². The number of rotatable bonds is 3. The normalized spacial score (nSPS) is 37.6. The van der Waals surface area contributed by atoms with Crippen molar-refractivity contribution >= 4 is 17.6 Å². The molecule has 1 saturated carbocycles. The van der Waals surface area contributed by atoms with Gasteiger partial charge in [-0.2, -0.15) is 0 Å². The SMILES string of the molecule is CS[C@@H]1N=C2C(=CN1)C[N+]([O-])(CC1CCCC1)CC1CCCN21. The van der Waals surface area contributed by atoms with Crippen molar-refractivity contribution in [3.05, 3.63) is 17.0 Å². The van der Waals surface area contributed by atoms with Crippen LogP contribution in [0.25, 0.3) is 0 Å². The number of hydrogen-bond donors (Lipinski definition) is 1. The predicted octanol–water partition coefficient (Wildman–Crippen LogP) is 2.50. The van der Waals surface area contributed by atoms with Gasteiger partial charge in [-0.05, 0) is 31.9 Å². The molecule has 2 saturated heterocycles. The van der Waals surface area contributed by atoms with E-state index in [9.17, 15) is 5.21 Å². The molecule has 23 heavy (non-hydrogen) atoms. The zero-order valence-electron chi connectivity index (χ0n) is 14.0. The highest BCUT2D eigenvalue weighted by Gasteiger charge is 2.41. The Hall–Kier alpha value is -0.720. The highest BCUT2D eigenvalue weighted by molar-refractivity contribution is 7.99. The van der Waals surface area contributed by atoms with Crippen molar-refractivity contribution in [3.8, 4) is 0 Å². The summed E-state index contributed by atoms with van der Waals surface area (Å²) in [6.45, 7) is 3.21. The van der Waals surface area contributed by atoms with Crippen LogP contribution in [0.15, 0.2) is 16.8 Å². The third-order valence-electron chi connectivity index (χ3n) is 5.87. The summed E-state index contributed by atoms with van der Waals surface area (Å²) in [6.07, 6.45) is 11.6. The van der Waals surface area contributed by atoms with Crippen molar-refractivity contribution < 1.29 is 4.65 Å². The van der Waals surface area contributed by atoms with Gasteiger partial charge in [0.1, 0.15) is 12.4 Å². The van der Waals surface area contributed by atoms with Gasteiger partial charge in [0.2, 0.25) is 0 Å². The van der Waals surface area contributed by atoms with Gasteiger partial charge in [0, 0.05) is 18.7 Å². The first-order valence-electron chi connectivity index (χ1n) is 9.07. The van der Waals surface area contributed by atoms with Crippen LogP contribution >= 0.6 is 11.8 Å². The van der Waals surface area contributed by atoms with Crippen LogP contribution in [0.2, 0.25) is 0 Å². The Morgan fingerprint density at radius 2 is 2.17 bits per heavy atom.